The molecule has 2 aliphatic rings. The van der Waals surface area contributed by atoms with Crippen LogP contribution in [-0.2, 0) is 0 Å². The van der Waals surface area contributed by atoms with Crippen LogP contribution in [0.15, 0.2) is 6.07 Å². The minimum absolute atomic E-state index is 0.353. The second-order valence-corrected chi connectivity index (χ2v) is 5.76. The van der Waals surface area contributed by atoms with Crippen LogP contribution in [0, 0.1) is 6.92 Å². The molecule has 0 aromatic carbocycles. The van der Waals surface area contributed by atoms with Crippen molar-refractivity contribution < 1.29 is 0 Å². The SMILES string of the molecule is Cc1nc(NC2CCC2)cc(N2CCC(N)CC2)n1. The molecule has 3 N–H and O–H groups in total. The number of nitrogens with two attached hydrogens (primary N) is 1. The lowest BCUT2D eigenvalue weighted by molar-refractivity contribution is 0.444. The second-order valence-electron chi connectivity index (χ2n) is 5.76. The molecule has 1 aromatic heterocycles. The molecular weight excluding hydrogens is 238 g/mol. The number of hydrogen-bond acceptors (Lipinski definition) is 5. The van der Waals surface area contributed by atoms with Gasteiger partial charge in [0.2, 0.25) is 0 Å². The van der Waals surface area contributed by atoms with Crippen molar-refractivity contribution >= 4 is 11.6 Å². The van der Waals surface area contributed by atoms with Gasteiger partial charge < -0.3 is 16.0 Å². The Bertz CT molecular complexity index is 435. The van der Waals surface area contributed by atoms with E-state index < -0.39 is 0 Å². The smallest absolute Gasteiger partial charge is 0.134 e. The maximum Gasteiger partial charge on any atom is 0.134 e. The zero-order valence-corrected chi connectivity index (χ0v) is 11.6. The molecule has 1 aromatic rings. The fourth-order valence-electron chi connectivity index (χ4n) is 2.68. The average molecular weight is 261 g/mol. The van der Waals surface area contributed by atoms with Gasteiger partial charge in [-0.1, -0.05) is 0 Å². The van der Waals surface area contributed by atoms with E-state index in [0.29, 0.717) is 12.1 Å². The molecule has 3 rings (SSSR count). The summed E-state index contributed by atoms with van der Waals surface area (Å²) in [6.45, 7) is 3.96. The van der Waals surface area contributed by atoms with Crippen molar-refractivity contribution in [3.05, 3.63) is 11.9 Å². The molecule has 0 atom stereocenters. The van der Waals surface area contributed by atoms with Crippen LogP contribution in [0.25, 0.3) is 0 Å². The molecule has 1 saturated heterocycles. The fraction of sp³-hybridized carbons (Fsp3) is 0.714. The van der Waals surface area contributed by atoms with Crippen molar-refractivity contribution in [1.82, 2.24) is 9.97 Å². The van der Waals surface area contributed by atoms with E-state index >= 15 is 0 Å². The quantitative estimate of drug-likeness (QED) is 0.866. The van der Waals surface area contributed by atoms with Crippen LogP contribution in [0.1, 0.15) is 37.9 Å². The first-order chi connectivity index (χ1) is 9.20. The van der Waals surface area contributed by atoms with Crippen LogP contribution in [0.5, 0.6) is 0 Å². The summed E-state index contributed by atoms with van der Waals surface area (Å²) in [7, 11) is 0. The van der Waals surface area contributed by atoms with Crippen molar-refractivity contribution in [3.8, 4) is 0 Å². The highest BCUT2D eigenvalue weighted by molar-refractivity contribution is 5.50. The predicted molar refractivity (Wildman–Crippen MR) is 77.5 cm³/mol. The standard InChI is InChI=1S/C14H23N5/c1-10-16-13(18-12-3-2-4-12)9-14(17-10)19-7-5-11(15)6-8-19/h9,11-12H,2-8,15H2,1H3,(H,16,17,18). The third-order valence-electron chi connectivity index (χ3n) is 4.15. The summed E-state index contributed by atoms with van der Waals surface area (Å²) in [6.07, 6.45) is 5.95. The monoisotopic (exact) mass is 261 g/mol. The highest BCUT2D eigenvalue weighted by atomic mass is 15.2. The number of nitrogens with one attached hydrogen (secondary N) is 1. The van der Waals surface area contributed by atoms with Crippen LogP contribution in [-0.4, -0.2) is 35.1 Å². The van der Waals surface area contributed by atoms with E-state index in [-0.39, 0.29) is 0 Å². The van der Waals surface area contributed by atoms with Gasteiger partial charge in [-0.25, -0.2) is 9.97 Å². The van der Waals surface area contributed by atoms with E-state index in [4.69, 9.17) is 5.73 Å². The Kier molecular flexibility index (Phi) is 3.55. The molecule has 5 heteroatoms. The normalized spacial score (nSPS) is 21.3. The van der Waals surface area contributed by atoms with Gasteiger partial charge in [-0.15, -0.1) is 0 Å². The molecule has 1 saturated carbocycles. The summed E-state index contributed by atoms with van der Waals surface area (Å²) in [5, 5.41) is 3.50. The van der Waals surface area contributed by atoms with Gasteiger partial charge in [0.25, 0.3) is 0 Å². The molecule has 2 fully saturated rings. The third-order valence-corrected chi connectivity index (χ3v) is 4.15. The van der Waals surface area contributed by atoms with Gasteiger partial charge in [-0.05, 0) is 39.0 Å². The van der Waals surface area contributed by atoms with Crippen LogP contribution in [0.3, 0.4) is 0 Å². The first kappa shape index (κ1) is 12.7. The summed E-state index contributed by atoms with van der Waals surface area (Å²) in [5.74, 6) is 2.86. The first-order valence-electron chi connectivity index (χ1n) is 7.33. The van der Waals surface area contributed by atoms with Gasteiger partial charge >= 0.3 is 0 Å². The Morgan fingerprint density at radius 3 is 2.58 bits per heavy atom. The van der Waals surface area contributed by atoms with Gasteiger partial charge in [-0.3, -0.25) is 0 Å². The molecule has 19 heavy (non-hydrogen) atoms. The molecule has 1 aliphatic carbocycles. The van der Waals surface area contributed by atoms with Crippen LogP contribution < -0.4 is 16.0 Å². The van der Waals surface area contributed by atoms with Crippen LogP contribution >= 0.6 is 0 Å². The Balaban J connectivity index is 1.73. The zero-order chi connectivity index (χ0) is 13.2. The van der Waals surface area contributed by atoms with E-state index in [1.54, 1.807) is 0 Å². The lowest BCUT2D eigenvalue weighted by Gasteiger charge is -2.32. The van der Waals surface area contributed by atoms with Crippen LogP contribution in [0.4, 0.5) is 11.6 Å². The van der Waals surface area contributed by atoms with E-state index in [0.717, 1.165) is 43.4 Å². The van der Waals surface area contributed by atoms with Crippen molar-refractivity contribution in [2.75, 3.05) is 23.3 Å². The van der Waals surface area contributed by atoms with Gasteiger partial charge in [0, 0.05) is 31.2 Å². The van der Waals surface area contributed by atoms with Crippen molar-refractivity contribution in [3.63, 3.8) is 0 Å². The van der Waals surface area contributed by atoms with Crippen molar-refractivity contribution in [2.45, 2.75) is 51.1 Å². The highest BCUT2D eigenvalue weighted by Gasteiger charge is 2.20. The lowest BCUT2D eigenvalue weighted by atomic mass is 9.93. The fourth-order valence-corrected chi connectivity index (χ4v) is 2.68. The van der Waals surface area contributed by atoms with Crippen LogP contribution in [0.2, 0.25) is 0 Å². The number of hydrogen-bond donors (Lipinski definition) is 2. The average Bonchev–Trinajstić information content (AvgIpc) is 2.34. The number of aryl methyl sites for hydroxylation is 1. The maximum absolute atomic E-state index is 5.95. The molecule has 0 amide bonds. The second kappa shape index (κ2) is 5.33. The number of anilines is 2. The molecule has 1 aliphatic heterocycles. The van der Waals surface area contributed by atoms with Gasteiger partial charge in [0.05, 0.1) is 0 Å². The maximum atomic E-state index is 5.95. The highest BCUT2D eigenvalue weighted by Crippen LogP contribution is 2.25. The summed E-state index contributed by atoms with van der Waals surface area (Å²) < 4.78 is 0. The molecule has 0 bridgehead atoms. The van der Waals surface area contributed by atoms with Gasteiger partial charge in [0.15, 0.2) is 0 Å². The molecule has 5 nitrogen and oxygen atoms in total. The number of piperidine rings is 1. The summed E-state index contributed by atoms with van der Waals surface area (Å²) in [6, 6.07) is 3.05. The molecule has 2 heterocycles. The summed E-state index contributed by atoms with van der Waals surface area (Å²) in [5.41, 5.74) is 5.95. The van der Waals surface area contributed by atoms with E-state index in [1.807, 2.05) is 6.92 Å². The Morgan fingerprint density at radius 1 is 1.21 bits per heavy atom. The minimum Gasteiger partial charge on any atom is -0.367 e. The molecule has 0 unspecified atom stereocenters. The number of aromatic nitrogens is 2. The van der Waals surface area contributed by atoms with Crippen molar-refractivity contribution in [2.24, 2.45) is 5.73 Å². The molecule has 0 radical (unpaired) electrons. The number of rotatable bonds is 3. The Labute approximate surface area is 114 Å². The first-order valence-corrected chi connectivity index (χ1v) is 7.33. The molecular formula is C14H23N5. The van der Waals surface area contributed by atoms with Crippen molar-refractivity contribution in [1.29, 1.82) is 0 Å². The molecule has 0 spiro atoms. The number of nitrogens with zero attached hydrogens (tertiary/aromatic N) is 3. The topological polar surface area (TPSA) is 67.1 Å². The largest absolute Gasteiger partial charge is 0.367 e. The molecule has 104 valence electrons. The lowest BCUT2D eigenvalue weighted by Crippen LogP contribution is -2.40. The van der Waals surface area contributed by atoms with E-state index in [2.05, 4.69) is 26.3 Å². The summed E-state index contributed by atoms with van der Waals surface area (Å²) >= 11 is 0. The van der Waals surface area contributed by atoms with Gasteiger partial charge in [-0.2, -0.15) is 0 Å². The Morgan fingerprint density at radius 2 is 1.95 bits per heavy atom. The zero-order valence-electron chi connectivity index (χ0n) is 11.6. The Hall–Kier alpha value is -1.36. The van der Waals surface area contributed by atoms with E-state index in [1.165, 1.54) is 19.3 Å². The summed E-state index contributed by atoms with van der Waals surface area (Å²) in [4.78, 5) is 11.4. The predicted octanol–water partition coefficient (Wildman–Crippen LogP) is 1.68. The minimum atomic E-state index is 0.353. The van der Waals surface area contributed by atoms with Gasteiger partial charge in [0.1, 0.15) is 17.5 Å². The third kappa shape index (κ3) is 2.97. The van der Waals surface area contributed by atoms with E-state index in [9.17, 15) is 0 Å².